The minimum atomic E-state index is -0.677. The first-order valence-electron chi connectivity index (χ1n) is 7.39. The Labute approximate surface area is 113 Å². The van der Waals surface area contributed by atoms with E-state index in [1.807, 2.05) is 6.92 Å². The third-order valence-electron chi connectivity index (χ3n) is 4.44. The first kappa shape index (κ1) is 15.9. The normalized spacial score (nSPS) is 23.0. The van der Waals surface area contributed by atoms with E-state index >= 15 is 0 Å². The molecule has 0 aliphatic carbocycles. The van der Waals surface area contributed by atoms with Crippen LogP contribution >= 0.6 is 0 Å². The lowest BCUT2D eigenvalue weighted by Gasteiger charge is -2.39. The van der Waals surface area contributed by atoms with E-state index in [2.05, 4.69) is 25.7 Å². The molecule has 1 heterocycles. The zero-order chi connectivity index (χ0) is 13.8. The van der Waals surface area contributed by atoms with Crippen molar-refractivity contribution in [3.05, 3.63) is 0 Å². The van der Waals surface area contributed by atoms with Crippen molar-refractivity contribution < 1.29 is 5.11 Å². The minimum absolute atomic E-state index is 0.360. The van der Waals surface area contributed by atoms with E-state index in [1.54, 1.807) is 0 Å². The lowest BCUT2D eigenvalue weighted by atomic mass is 9.75. The number of piperidine rings is 1. The predicted octanol–water partition coefficient (Wildman–Crippen LogP) is 2.23. The first-order chi connectivity index (χ1) is 8.24. The summed E-state index contributed by atoms with van der Waals surface area (Å²) in [7, 11) is 0. The topological polar surface area (TPSA) is 49.5 Å². The Morgan fingerprint density at radius 2 is 1.72 bits per heavy atom. The molecule has 1 atom stereocenters. The highest BCUT2D eigenvalue weighted by Crippen LogP contribution is 2.34. The summed E-state index contributed by atoms with van der Waals surface area (Å²) in [5.74, 6) is 0.862. The van der Waals surface area contributed by atoms with E-state index < -0.39 is 5.60 Å². The van der Waals surface area contributed by atoms with Gasteiger partial charge in [-0.2, -0.15) is 0 Å². The maximum atomic E-state index is 9.86. The summed E-state index contributed by atoms with van der Waals surface area (Å²) in [6.45, 7) is 12.8. The second-order valence-electron chi connectivity index (χ2n) is 7.29. The van der Waals surface area contributed by atoms with Crippen molar-refractivity contribution in [3.63, 3.8) is 0 Å². The third kappa shape index (κ3) is 5.25. The van der Waals surface area contributed by atoms with Gasteiger partial charge in [-0.1, -0.05) is 20.8 Å². The van der Waals surface area contributed by atoms with Crippen LogP contribution in [0.1, 0.15) is 53.4 Å². The van der Waals surface area contributed by atoms with Crippen LogP contribution in [0.25, 0.3) is 0 Å². The summed E-state index contributed by atoms with van der Waals surface area (Å²) in [6, 6.07) is 0. The molecule has 1 aliphatic rings. The predicted molar refractivity (Wildman–Crippen MR) is 77.5 cm³/mol. The van der Waals surface area contributed by atoms with Crippen LogP contribution < -0.4 is 5.73 Å². The Kier molecular flexibility index (Phi) is 5.63. The van der Waals surface area contributed by atoms with Gasteiger partial charge in [-0.25, -0.2) is 0 Å². The Hall–Kier alpha value is -0.120. The molecule has 0 amide bonds. The van der Waals surface area contributed by atoms with Gasteiger partial charge in [0, 0.05) is 6.54 Å². The van der Waals surface area contributed by atoms with Crippen LogP contribution in [0.15, 0.2) is 0 Å². The van der Waals surface area contributed by atoms with Gasteiger partial charge in [0.1, 0.15) is 0 Å². The standard InChI is InChI=1S/C15H32N2O/c1-14(2,3)13-6-10-17(11-7-13)9-5-8-15(4,18)12-16/h13,18H,5-12,16H2,1-4H3. The maximum Gasteiger partial charge on any atom is 0.0741 e. The highest BCUT2D eigenvalue weighted by atomic mass is 16.3. The molecule has 0 radical (unpaired) electrons. The molecule has 18 heavy (non-hydrogen) atoms. The molecule has 1 unspecified atom stereocenters. The molecule has 3 heteroatoms. The first-order valence-corrected chi connectivity index (χ1v) is 7.39. The summed E-state index contributed by atoms with van der Waals surface area (Å²) >= 11 is 0. The van der Waals surface area contributed by atoms with E-state index in [4.69, 9.17) is 5.73 Å². The minimum Gasteiger partial charge on any atom is -0.389 e. The quantitative estimate of drug-likeness (QED) is 0.793. The molecule has 0 saturated carbocycles. The third-order valence-corrected chi connectivity index (χ3v) is 4.44. The van der Waals surface area contributed by atoms with Crippen molar-refractivity contribution in [2.75, 3.05) is 26.2 Å². The second-order valence-corrected chi connectivity index (χ2v) is 7.29. The van der Waals surface area contributed by atoms with Crippen molar-refractivity contribution in [3.8, 4) is 0 Å². The summed E-state index contributed by atoms with van der Waals surface area (Å²) in [6.07, 6.45) is 4.49. The number of rotatable bonds is 5. The monoisotopic (exact) mass is 256 g/mol. The van der Waals surface area contributed by atoms with Crippen molar-refractivity contribution in [1.82, 2.24) is 4.90 Å². The highest BCUT2D eigenvalue weighted by molar-refractivity contribution is 4.81. The van der Waals surface area contributed by atoms with Crippen LogP contribution in [-0.2, 0) is 0 Å². The molecule has 1 aliphatic heterocycles. The van der Waals surface area contributed by atoms with E-state index in [1.165, 1.54) is 25.9 Å². The summed E-state index contributed by atoms with van der Waals surface area (Å²) in [5, 5.41) is 9.86. The molecular weight excluding hydrogens is 224 g/mol. The molecule has 1 saturated heterocycles. The number of nitrogens with zero attached hydrogens (tertiary/aromatic N) is 1. The van der Waals surface area contributed by atoms with Gasteiger partial charge in [0.15, 0.2) is 0 Å². The van der Waals surface area contributed by atoms with Gasteiger partial charge < -0.3 is 15.7 Å². The van der Waals surface area contributed by atoms with Crippen LogP contribution in [0.3, 0.4) is 0 Å². The Bertz CT molecular complexity index is 237. The fourth-order valence-corrected chi connectivity index (χ4v) is 2.81. The zero-order valence-corrected chi connectivity index (χ0v) is 12.7. The average molecular weight is 256 g/mol. The number of likely N-dealkylation sites (tertiary alicyclic amines) is 1. The van der Waals surface area contributed by atoms with Crippen LogP contribution in [0, 0.1) is 11.3 Å². The summed E-state index contributed by atoms with van der Waals surface area (Å²) in [4.78, 5) is 2.54. The van der Waals surface area contributed by atoms with Crippen LogP contribution in [0.2, 0.25) is 0 Å². The van der Waals surface area contributed by atoms with Gasteiger partial charge in [-0.3, -0.25) is 0 Å². The number of aliphatic hydroxyl groups is 1. The summed E-state index contributed by atoms with van der Waals surface area (Å²) in [5.41, 5.74) is 5.30. The molecule has 0 aromatic carbocycles. The number of hydrogen-bond donors (Lipinski definition) is 2. The molecule has 0 aromatic rings. The number of nitrogens with two attached hydrogens (primary N) is 1. The van der Waals surface area contributed by atoms with Crippen molar-refractivity contribution in [2.24, 2.45) is 17.1 Å². The van der Waals surface area contributed by atoms with Crippen LogP contribution in [-0.4, -0.2) is 41.8 Å². The van der Waals surface area contributed by atoms with Crippen molar-refractivity contribution in [2.45, 2.75) is 59.0 Å². The van der Waals surface area contributed by atoms with Gasteiger partial charge in [-0.15, -0.1) is 0 Å². The SMILES string of the molecule is CC(O)(CN)CCCN1CCC(C(C)(C)C)CC1. The van der Waals surface area contributed by atoms with Gasteiger partial charge in [0.2, 0.25) is 0 Å². The Morgan fingerprint density at radius 3 is 2.17 bits per heavy atom. The fourth-order valence-electron chi connectivity index (χ4n) is 2.81. The van der Waals surface area contributed by atoms with E-state index in [0.717, 1.165) is 25.3 Å². The van der Waals surface area contributed by atoms with E-state index in [0.29, 0.717) is 12.0 Å². The molecular formula is C15H32N2O. The molecule has 1 rings (SSSR count). The van der Waals surface area contributed by atoms with Crippen LogP contribution in [0.4, 0.5) is 0 Å². The van der Waals surface area contributed by atoms with Gasteiger partial charge >= 0.3 is 0 Å². The molecule has 0 bridgehead atoms. The highest BCUT2D eigenvalue weighted by Gasteiger charge is 2.28. The van der Waals surface area contributed by atoms with Crippen LogP contribution in [0.5, 0.6) is 0 Å². The summed E-state index contributed by atoms with van der Waals surface area (Å²) < 4.78 is 0. The lowest BCUT2D eigenvalue weighted by Crippen LogP contribution is -2.39. The smallest absolute Gasteiger partial charge is 0.0741 e. The molecule has 3 N–H and O–H groups in total. The van der Waals surface area contributed by atoms with Crippen molar-refractivity contribution in [1.29, 1.82) is 0 Å². The molecule has 0 spiro atoms. The maximum absolute atomic E-state index is 9.86. The second kappa shape index (κ2) is 6.36. The fraction of sp³-hybridized carbons (Fsp3) is 1.00. The van der Waals surface area contributed by atoms with Gasteiger partial charge in [0.05, 0.1) is 5.60 Å². The van der Waals surface area contributed by atoms with Crippen molar-refractivity contribution >= 4 is 0 Å². The molecule has 0 aromatic heterocycles. The molecule has 108 valence electrons. The number of hydrogen-bond acceptors (Lipinski definition) is 3. The molecule has 1 fully saturated rings. The van der Waals surface area contributed by atoms with E-state index in [9.17, 15) is 5.11 Å². The Balaban J connectivity index is 2.20. The average Bonchev–Trinajstić information content (AvgIpc) is 2.28. The van der Waals surface area contributed by atoms with Gasteiger partial charge in [0.25, 0.3) is 0 Å². The van der Waals surface area contributed by atoms with E-state index in [-0.39, 0.29) is 0 Å². The lowest BCUT2D eigenvalue weighted by molar-refractivity contribution is 0.0503. The Morgan fingerprint density at radius 1 is 1.17 bits per heavy atom. The van der Waals surface area contributed by atoms with Gasteiger partial charge in [-0.05, 0) is 63.6 Å². The molecule has 3 nitrogen and oxygen atoms in total. The zero-order valence-electron chi connectivity index (χ0n) is 12.7. The largest absolute Gasteiger partial charge is 0.389 e.